The summed E-state index contributed by atoms with van der Waals surface area (Å²) in [6.45, 7) is 7.97. The standard InChI is InChI=1S/C16H28N4S/c1-14(13-20-9-3-4-10-20)12-19-16(17-2)18-8-7-15-6-5-11-21-15/h5-6,11,14H,3-4,7-10,12-13H2,1-2H3,(H2,17,18,19). The van der Waals surface area contributed by atoms with Crippen molar-refractivity contribution in [2.45, 2.75) is 26.2 Å². The molecule has 1 fully saturated rings. The largest absolute Gasteiger partial charge is 0.356 e. The van der Waals surface area contributed by atoms with Crippen molar-refractivity contribution in [2.24, 2.45) is 10.9 Å². The van der Waals surface area contributed by atoms with Crippen molar-refractivity contribution in [1.82, 2.24) is 15.5 Å². The van der Waals surface area contributed by atoms with Crippen LogP contribution in [0.4, 0.5) is 0 Å². The zero-order valence-electron chi connectivity index (χ0n) is 13.3. The zero-order chi connectivity index (χ0) is 14.9. The predicted molar refractivity (Wildman–Crippen MR) is 92.2 cm³/mol. The lowest BCUT2D eigenvalue weighted by atomic mass is 10.1. The first-order valence-electron chi connectivity index (χ1n) is 7.97. The lowest BCUT2D eigenvalue weighted by Crippen LogP contribution is -2.42. The fraction of sp³-hybridized carbons (Fsp3) is 0.688. The quantitative estimate of drug-likeness (QED) is 0.599. The van der Waals surface area contributed by atoms with Crippen molar-refractivity contribution in [3.05, 3.63) is 22.4 Å². The first-order valence-corrected chi connectivity index (χ1v) is 8.85. The number of hydrogen-bond acceptors (Lipinski definition) is 3. The van der Waals surface area contributed by atoms with Gasteiger partial charge in [0.25, 0.3) is 0 Å². The van der Waals surface area contributed by atoms with Gasteiger partial charge in [-0.15, -0.1) is 11.3 Å². The van der Waals surface area contributed by atoms with Crippen LogP contribution in [0.5, 0.6) is 0 Å². The monoisotopic (exact) mass is 308 g/mol. The van der Waals surface area contributed by atoms with Gasteiger partial charge in [0.05, 0.1) is 0 Å². The van der Waals surface area contributed by atoms with E-state index in [1.807, 2.05) is 18.4 Å². The highest BCUT2D eigenvalue weighted by molar-refractivity contribution is 7.09. The lowest BCUT2D eigenvalue weighted by Gasteiger charge is -2.21. The summed E-state index contributed by atoms with van der Waals surface area (Å²) in [6.07, 6.45) is 3.79. The van der Waals surface area contributed by atoms with E-state index in [-0.39, 0.29) is 0 Å². The third-order valence-corrected chi connectivity index (χ3v) is 4.79. The summed E-state index contributed by atoms with van der Waals surface area (Å²) < 4.78 is 0. The second-order valence-corrected chi connectivity index (χ2v) is 6.85. The van der Waals surface area contributed by atoms with Crippen LogP contribution in [0.2, 0.25) is 0 Å². The molecule has 0 aromatic carbocycles. The number of nitrogens with zero attached hydrogens (tertiary/aromatic N) is 2. The average molecular weight is 308 g/mol. The highest BCUT2D eigenvalue weighted by Crippen LogP contribution is 2.10. The molecule has 1 atom stereocenters. The van der Waals surface area contributed by atoms with Gasteiger partial charge in [0.15, 0.2) is 5.96 Å². The van der Waals surface area contributed by atoms with Crippen LogP contribution in [0, 0.1) is 5.92 Å². The molecule has 0 amide bonds. The van der Waals surface area contributed by atoms with Crippen molar-refractivity contribution in [2.75, 3.05) is 39.8 Å². The molecule has 5 heteroatoms. The zero-order valence-corrected chi connectivity index (χ0v) is 14.1. The van der Waals surface area contributed by atoms with Gasteiger partial charge < -0.3 is 15.5 Å². The summed E-state index contributed by atoms with van der Waals surface area (Å²) >= 11 is 1.81. The Bertz CT molecular complexity index is 410. The number of likely N-dealkylation sites (tertiary alicyclic amines) is 1. The van der Waals surface area contributed by atoms with Crippen molar-refractivity contribution in [1.29, 1.82) is 0 Å². The topological polar surface area (TPSA) is 39.7 Å². The molecule has 1 aliphatic heterocycles. The Kier molecular flexibility index (Phi) is 7.03. The third kappa shape index (κ3) is 6.06. The number of rotatable bonds is 7. The molecule has 1 aliphatic rings. The van der Waals surface area contributed by atoms with E-state index in [2.05, 4.69) is 45.0 Å². The first kappa shape index (κ1) is 16.3. The molecule has 1 aromatic rings. The van der Waals surface area contributed by atoms with E-state index >= 15 is 0 Å². The molecule has 0 radical (unpaired) electrons. The second kappa shape index (κ2) is 9.05. The number of aliphatic imine (C=N–C) groups is 1. The molecule has 0 bridgehead atoms. The van der Waals surface area contributed by atoms with Gasteiger partial charge >= 0.3 is 0 Å². The van der Waals surface area contributed by atoms with Crippen LogP contribution in [-0.2, 0) is 6.42 Å². The van der Waals surface area contributed by atoms with E-state index in [0.717, 1.165) is 25.5 Å². The molecule has 1 aromatic heterocycles. The lowest BCUT2D eigenvalue weighted by molar-refractivity contribution is 0.287. The van der Waals surface area contributed by atoms with Gasteiger partial charge in [0.2, 0.25) is 0 Å². The van der Waals surface area contributed by atoms with Crippen molar-refractivity contribution in [3.63, 3.8) is 0 Å². The highest BCUT2D eigenvalue weighted by atomic mass is 32.1. The molecule has 2 rings (SSSR count). The third-order valence-electron chi connectivity index (χ3n) is 3.85. The number of thiophene rings is 1. The Morgan fingerprint density at radius 2 is 2.19 bits per heavy atom. The number of nitrogens with one attached hydrogen (secondary N) is 2. The molecule has 2 heterocycles. The maximum absolute atomic E-state index is 4.29. The summed E-state index contributed by atoms with van der Waals surface area (Å²) in [6, 6.07) is 4.29. The predicted octanol–water partition coefficient (Wildman–Crippen LogP) is 2.19. The van der Waals surface area contributed by atoms with Gasteiger partial charge in [-0.2, -0.15) is 0 Å². The summed E-state index contributed by atoms with van der Waals surface area (Å²) in [5.74, 6) is 1.57. The summed E-state index contributed by atoms with van der Waals surface area (Å²) in [4.78, 5) is 8.28. The van der Waals surface area contributed by atoms with E-state index in [1.165, 1.54) is 37.4 Å². The SMILES string of the molecule is CN=C(NCCc1cccs1)NCC(C)CN1CCCC1. The number of guanidine groups is 1. The van der Waals surface area contributed by atoms with Crippen molar-refractivity contribution >= 4 is 17.3 Å². The van der Waals surface area contributed by atoms with Crippen molar-refractivity contribution in [3.8, 4) is 0 Å². The average Bonchev–Trinajstić information content (AvgIpc) is 3.16. The molecule has 0 spiro atoms. The Hall–Kier alpha value is -1.07. The fourth-order valence-electron chi connectivity index (χ4n) is 2.72. The minimum absolute atomic E-state index is 0.652. The molecule has 1 saturated heterocycles. The molecule has 0 aliphatic carbocycles. The van der Waals surface area contributed by atoms with E-state index in [1.54, 1.807) is 0 Å². The van der Waals surface area contributed by atoms with Gasteiger partial charge in [-0.1, -0.05) is 13.0 Å². The van der Waals surface area contributed by atoms with Crippen molar-refractivity contribution < 1.29 is 0 Å². The van der Waals surface area contributed by atoms with Crippen LogP contribution in [0.1, 0.15) is 24.6 Å². The molecule has 2 N–H and O–H groups in total. The maximum Gasteiger partial charge on any atom is 0.190 e. The first-order chi connectivity index (χ1) is 10.3. The van der Waals surface area contributed by atoms with Gasteiger partial charge in [-0.05, 0) is 49.7 Å². The Labute approximate surface area is 132 Å². The fourth-order valence-corrected chi connectivity index (χ4v) is 3.43. The molecular formula is C16H28N4S. The van der Waals surface area contributed by atoms with E-state index < -0.39 is 0 Å². The van der Waals surface area contributed by atoms with Crippen LogP contribution in [0.3, 0.4) is 0 Å². The van der Waals surface area contributed by atoms with Gasteiger partial charge in [0.1, 0.15) is 0 Å². The van der Waals surface area contributed by atoms with Crippen LogP contribution in [0.25, 0.3) is 0 Å². The Morgan fingerprint density at radius 1 is 1.38 bits per heavy atom. The molecule has 0 saturated carbocycles. The second-order valence-electron chi connectivity index (χ2n) is 5.82. The highest BCUT2D eigenvalue weighted by Gasteiger charge is 2.14. The van der Waals surface area contributed by atoms with Gasteiger partial charge in [0, 0.05) is 31.6 Å². The van der Waals surface area contributed by atoms with E-state index in [4.69, 9.17) is 0 Å². The molecular weight excluding hydrogens is 280 g/mol. The molecule has 21 heavy (non-hydrogen) atoms. The molecule has 4 nitrogen and oxygen atoms in total. The molecule has 1 unspecified atom stereocenters. The van der Waals surface area contributed by atoms with E-state index in [9.17, 15) is 0 Å². The van der Waals surface area contributed by atoms with Gasteiger partial charge in [-0.3, -0.25) is 4.99 Å². The van der Waals surface area contributed by atoms with Crippen LogP contribution < -0.4 is 10.6 Å². The summed E-state index contributed by atoms with van der Waals surface area (Å²) in [5.41, 5.74) is 0. The summed E-state index contributed by atoms with van der Waals surface area (Å²) in [5, 5.41) is 8.95. The minimum atomic E-state index is 0.652. The number of hydrogen-bond donors (Lipinski definition) is 2. The molecule has 118 valence electrons. The smallest absolute Gasteiger partial charge is 0.190 e. The van der Waals surface area contributed by atoms with Crippen LogP contribution >= 0.6 is 11.3 Å². The Morgan fingerprint density at radius 3 is 2.86 bits per heavy atom. The van der Waals surface area contributed by atoms with E-state index in [0.29, 0.717) is 5.92 Å². The van der Waals surface area contributed by atoms with Crippen LogP contribution in [0.15, 0.2) is 22.5 Å². The van der Waals surface area contributed by atoms with Gasteiger partial charge in [-0.25, -0.2) is 0 Å². The normalized spacial score (nSPS) is 17.9. The summed E-state index contributed by atoms with van der Waals surface area (Å²) in [7, 11) is 1.84. The Balaban J connectivity index is 1.60. The maximum atomic E-state index is 4.29. The van der Waals surface area contributed by atoms with Crippen LogP contribution in [-0.4, -0.2) is 50.6 Å². The minimum Gasteiger partial charge on any atom is -0.356 e.